The number of thiazole rings is 1. The van der Waals surface area contributed by atoms with Crippen molar-refractivity contribution in [1.82, 2.24) is 9.88 Å². The summed E-state index contributed by atoms with van der Waals surface area (Å²) in [7, 11) is 0. The lowest BCUT2D eigenvalue weighted by molar-refractivity contribution is -0.144. The summed E-state index contributed by atoms with van der Waals surface area (Å²) in [6.45, 7) is 14.2. The number of fused-ring (bicyclic) bond motifs is 2. The number of nitrogens with zero attached hydrogens (tertiary/aromatic N) is 2. The standard InChI is InChI=1S/C21H34N2O2S/c1-7-23(8-2)20(25)12(3)15-9-10-21(6)11-16-18(22-14(5)26-16)13(4)17(21)19(15)24/h12-13,15,17,19,24H,7-11H2,1-6H3/t12-,13-,15+,17+,19-,21+/m0/s1. The molecule has 1 aromatic rings. The zero-order valence-electron chi connectivity index (χ0n) is 17.1. The number of amides is 1. The minimum absolute atomic E-state index is 0.0462. The molecule has 0 bridgehead atoms. The molecule has 0 spiro atoms. The van der Waals surface area contributed by atoms with Gasteiger partial charge in [-0.25, -0.2) is 4.98 Å². The molecule has 5 heteroatoms. The molecule has 1 heterocycles. The van der Waals surface area contributed by atoms with E-state index in [2.05, 4.69) is 20.8 Å². The molecule has 0 radical (unpaired) electrons. The lowest BCUT2D eigenvalue weighted by Gasteiger charge is -2.53. The van der Waals surface area contributed by atoms with Gasteiger partial charge < -0.3 is 10.0 Å². The van der Waals surface area contributed by atoms with Gasteiger partial charge in [0.25, 0.3) is 0 Å². The quantitative estimate of drug-likeness (QED) is 0.861. The Kier molecular flexibility index (Phi) is 5.51. The number of rotatable bonds is 4. The number of aliphatic hydroxyl groups is 1. The number of hydrogen-bond acceptors (Lipinski definition) is 4. The number of aromatic nitrogens is 1. The zero-order chi connectivity index (χ0) is 19.2. The number of carbonyl (C=O) groups is 1. The van der Waals surface area contributed by atoms with E-state index in [1.54, 1.807) is 0 Å². The maximum atomic E-state index is 12.9. The van der Waals surface area contributed by atoms with Crippen molar-refractivity contribution in [1.29, 1.82) is 0 Å². The molecule has 1 amide bonds. The minimum atomic E-state index is -0.437. The molecule has 0 aromatic carbocycles. The molecule has 1 saturated carbocycles. The van der Waals surface area contributed by atoms with E-state index in [0.29, 0.717) is 0 Å². The van der Waals surface area contributed by atoms with E-state index < -0.39 is 6.10 Å². The van der Waals surface area contributed by atoms with Gasteiger partial charge in [0.1, 0.15) is 0 Å². The van der Waals surface area contributed by atoms with E-state index >= 15 is 0 Å². The predicted octanol–water partition coefficient (Wildman–Crippen LogP) is 4.01. The van der Waals surface area contributed by atoms with Crippen molar-refractivity contribution in [3.63, 3.8) is 0 Å². The Bertz CT molecular complexity index is 669. The summed E-state index contributed by atoms with van der Waals surface area (Å²) in [6, 6.07) is 0. The zero-order valence-corrected chi connectivity index (χ0v) is 17.9. The van der Waals surface area contributed by atoms with Crippen LogP contribution in [0.1, 0.15) is 69.0 Å². The first-order valence-corrected chi connectivity index (χ1v) is 11.0. The topological polar surface area (TPSA) is 53.4 Å². The molecule has 146 valence electrons. The summed E-state index contributed by atoms with van der Waals surface area (Å²) in [5.74, 6) is 0.547. The van der Waals surface area contributed by atoms with E-state index in [1.165, 1.54) is 10.6 Å². The number of hydrogen-bond donors (Lipinski definition) is 1. The van der Waals surface area contributed by atoms with Crippen LogP contribution in [0.3, 0.4) is 0 Å². The molecular formula is C21H34N2O2S. The van der Waals surface area contributed by atoms with Gasteiger partial charge in [0.15, 0.2) is 0 Å². The normalized spacial score (nSPS) is 34.7. The van der Waals surface area contributed by atoms with E-state index in [4.69, 9.17) is 4.98 Å². The SMILES string of the molecule is CCN(CC)C(=O)[C@@H](C)[C@H]1CC[C@]2(C)Cc3sc(C)nc3[C@@H](C)[C@@H]2[C@H]1O. The van der Waals surface area contributed by atoms with Crippen LogP contribution in [0.25, 0.3) is 0 Å². The largest absolute Gasteiger partial charge is 0.392 e. The van der Waals surface area contributed by atoms with Crippen LogP contribution in [0.4, 0.5) is 0 Å². The van der Waals surface area contributed by atoms with Crippen LogP contribution < -0.4 is 0 Å². The van der Waals surface area contributed by atoms with Gasteiger partial charge in [-0.15, -0.1) is 11.3 Å². The van der Waals surface area contributed by atoms with E-state index in [0.717, 1.165) is 37.4 Å². The Morgan fingerprint density at radius 3 is 2.69 bits per heavy atom. The Morgan fingerprint density at radius 2 is 2.08 bits per heavy atom. The highest BCUT2D eigenvalue weighted by Gasteiger charge is 2.53. The highest BCUT2D eigenvalue weighted by atomic mass is 32.1. The number of carbonyl (C=O) groups excluding carboxylic acids is 1. The fourth-order valence-corrected chi connectivity index (χ4v) is 6.91. The Hall–Kier alpha value is -0.940. The van der Waals surface area contributed by atoms with Crippen molar-refractivity contribution >= 4 is 17.2 Å². The maximum Gasteiger partial charge on any atom is 0.225 e. The molecule has 3 rings (SSSR count). The third-order valence-electron chi connectivity index (χ3n) is 7.14. The van der Waals surface area contributed by atoms with Gasteiger partial charge in [-0.1, -0.05) is 20.8 Å². The molecule has 26 heavy (non-hydrogen) atoms. The van der Waals surface area contributed by atoms with Gasteiger partial charge in [-0.3, -0.25) is 4.79 Å². The maximum absolute atomic E-state index is 12.9. The molecule has 0 aliphatic heterocycles. The fourth-order valence-electron chi connectivity index (χ4n) is 5.67. The van der Waals surface area contributed by atoms with Crippen LogP contribution in [0.15, 0.2) is 0 Å². The summed E-state index contributed by atoms with van der Waals surface area (Å²) >= 11 is 1.82. The average molecular weight is 379 g/mol. The predicted molar refractivity (Wildman–Crippen MR) is 106 cm³/mol. The van der Waals surface area contributed by atoms with Crippen molar-refractivity contribution in [2.45, 2.75) is 72.8 Å². The van der Waals surface area contributed by atoms with Crippen molar-refractivity contribution < 1.29 is 9.90 Å². The van der Waals surface area contributed by atoms with Gasteiger partial charge >= 0.3 is 0 Å². The summed E-state index contributed by atoms with van der Waals surface area (Å²) in [6.07, 6.45) is 2.59. The molecule has 2 aliphatic carbocycles. The molecule has 6 atom stereocenters. The summed E-state index contributed by atoms with van der Waals surface area (Å²) in [5, 5.41) is 12.5. The lowest BCUT2D eigenvalue weighted by atomic mass is 9.53. The average Bonchev–Trinajstić information content (AvgIpc) is 2.95. The van der Waals surface area contributed by atoms with Gasteiger partial charge in [0.05, 0.1) is 16.8 Å². The molecule has 1 N–H and O–H groups in total. The second kappa shape index (κ2) is 7.23. The van der Waals surface area contributed by atoms with Gasteiger partial charge in [-0.2, -0.15) is 0 Å². The molecular weight excluding hydrogens is 344 g/mol. The molecule has 2 aliphatic rings. The van der Waals surface area contributed by atoms with E-state index in [9.17, 15) is 9.90 Å². The Morgan fingerprint density at radius 1 is 1.42 bits per heavy atom. The summed E-state index contributed by atoms with van der Waals surface area (Å²) in [5.41, 5.74) is 1.30. The summed E-state index contributed by atoms with van der Waals surface area (Å²) in [4.78, 5) is 21.0. The Balaban J connectivity index is 1.87. The van der Waals surface area contributed by atoms with Gasteiger partial charge in [0, 0.05) is 29.8 Å². The molecule has 0 unspecified atom stereocenters. The van der Waals surface area contributed by atoms with Crippen LogP contribution >= 0.6 is 11.3 Å². The third kappa shape index (κ3) is 3.11. The first kappa shape index (κ1) is 19.8. The van der Waals surface area contributed by atoms with Crippen LogP contribution in [0, 0.1) is 30.1 Å². The second-order valence-electron chi connectivity index (χ2n) is 8.68. The van der Waals surface area contributed by atoms with Crippen LogP contribution in [-0.4, -0.2) is 40.1 Å². The molecule has 1 aromatic heterocycles. The Labute approximate surface area is 162 Å². The first-order chi connectivity index (χ1) is 12.2. The monoisotopic (exact) mass is 378 g/mol. The number of aryl methyl sites for hydroxylation is 1. The van der Waals surface area contributed by atoms with E-state index in [1.807, 2.05) is 37.0 Å². The third-order valence-corrected chi connectivity index (χ3v) is 8.12. The minimum Gasteiger partial charge on any atom is -0.392 e. The second-order valence-corrected chi connectivity index (χ2v) is 9.97. The van der Waals surface area contributed by atoms with Crippen molar-refractivity contribution in [3.05, 3.63) is 15.6 Å². The van der Waals surface area contributed by atoms with Crippen LogP contribution in [0.2, 0.25) is 0 Å². The lowest BCUT2D eigenvalue weighted by Crippen LogP contribution is -2.53. The highest BCUT2D eigenvalue weighted by molar-refractivity contribution is 7.11. The summed E-state index contributed by atoms with van der Waals surface area (Å²) < 4.78 is 0. The van der Waals surface area contributed by atoms with Gasteiger partial charge in [0.2, 0.25) is 5.91 Å². The fraction of sp³-hybridized carbons (Fsp3) is 0.810. The number of aliphatic hydroxyl groups excluding tert-OH is 1. The van der Waals surface area contributed by atoms with Crippen molar-refractivity contribution in [2.24, 2.45) is 23.2 Å². The molecule has 0 saturated heterocycles. The smallest absolute Gasteiger partial charge is 0.225 e. The first-order valence-electron chi connectivity index (χ1n) is 10.2. The van der Waals surface area contributed by atoms with Crippen molar-refractivity contribution in [2.75, 3.05) is 13.1 Å². The van der Waals surface area contributed by atoms with Gasteiger partial charge in [-0.05, 0) is 57.3 Å². The van der Waals surface area contributed by atoms with Crippen LogP contribution in [0.5, 0.6) is 0 Å². The molecule has 4 nitrogen and oxygen atoms in total. The van der Waals surface area contributed by atoms with Crippen molar-refractivity contribution in [3.8, 4) is 0 Å². The highest BCUT2D eigenvalue weighted by Crippen LogP contribution is 2.57. The van der Waals surface area contributed by atoms with Crippen LogP contribution in [-0.2, 0) is 11.2 Å². The van der Waals surface area contributed by atoms with E-state index in [-0.39, 0.29) is 35.0 Å². The molecule has 1 fully saturated rings.